The van der Waals surface area contributed by atoms with Crippen LogP contribution in [-0.4, -0.2) is 41.2 Å². The smallest absolute Gasteiger partial charge is 0.253 e. The van der Waals surface area contributed by atoms with Gasteiger partial charge in [-0.05, 0) is 62.8 Å². The highest BCUT2D eigenvalue weighted by Crippen LogP contribution is 2.24. The van der Waals surface area contributed by atoms with Crippen molar-refractivity contribution in [2.45, 2.75) is 57.2 Å². The molecule has 4 nitrogen and oxygen atoms in total. The first kappa shape index (κ1) is 15.3. The first-order chi connectivity index (χ1) is 10.7. The van der Waals surface area contributed by atoms with Crippen molar-refractivity contribution in [1.82, 2.24) is 4.90 Å². The van der Waals surface area contributed by atoms with Crippen molar-refractivity contribution in [2.24, 2.45) is 0 Å². The number of aliphatic hydroxyl groups excluding tert-OH is 1. The Labute approximate surface area is 132 Å². The van der Waals surface area contributed by atoms with Crippen LogP contribution in [0.4, 0.5) is 0 Å². The number of benzene rings is 1. The molecule has 4 heteroatoms. The van der Waals surface area contributed by atoms with Crippen molar-refractivity contribution in [1.29, 1.82) is 0 Å². The van der Waals surface area contributed by atoms with Crippen LogP contribution in [0.15, 0.2) is 24.3 Å². The first-order valence-electron chi connectivity index (χ1n) is 8.46. The molecule has 120 valence electrons. The predicted octanol–water partition coefficient (Wildman–Crippen LogP) is 3.00. The standard InChI is InChI=1S/C18H25NO3/c20-15-10-12-19(13-11-15)18(21)14-6-8-17(9-7-14)22-16-4-2-1-3-5-16/h6-9,15-16,20H,1-5,10-13H2. The maximum Gasteiger partial charge on any atom is 0.253 e. The molecule has 0 aromatic heterocycles. The second-order valence-corrected chi connectivity index (χ2v) is 6.43. The van der Waals surface area contributed by atoms with Gasteiger partial charge < -0.3 is 14.7 Å². The van der Waals surface area contributed by atoms with Crippen LogP contribution in [-0.2, 0) is 0 Å². The highest BCUT2D eigenvalue weighted by molar-refractivity contribution is 5.94. The second-order valence-electron chi connectivity index (χ2n) is 6.43. The van der Waals surface area contributed by atoms with Gasteiger partial charge in [0.15, 0.2) is 0 Å². The third-order valence-corrected chi connectivity index (χ3v) is 4.71. The van der Waals surface area contributed by atoms with Crippen LogP contribution in [0.3, 0.4) is 0 Å². The molecule has 3 rings (SSSR count). The normalized spacial score (nSPS) is 20.9. The van der Waals surface area contributed by atoms with E-state index in [1.165, 1.54) is 19.3 Å². The lowest BCUT2D eigenvalue weighted by Crippen LogP contribution is -2.40. The highest BCUT2D eigenvalue weighted by Gasteiger charge is 2.22. The maximum atomic E-state index is 12.4. The molecule has 2 fully saturated rings. The van der Waals surface area contributed by atoms with Gasteiger partial charge in [0.25, 0.3) is 5.91 Å². The molecule has 1 aromatic rings. The van der Waals surface area contributed by atoms with Crippen LogP contribution in [0.2, 0.25) is 0 Å². The Balaban J connectivity index is 1.57. The van der Waals surface area contributed by atoms with Gasteiger partial charge >= 0.3 is 0 Å². The van der Waals surface area contributed by atoms with E-state index in [1.807, 2.05) is 29.2 Å². The molecule has 0 bridgehead atoms. The lowest BCUT2D eigenvalue weighted by atomic mass is 9.98. The zero-order valence-corrected chi connectivity index (χ0v) is 13.0. The number of ether oxygens (including phenoxy) is 1. The average Bonchev–Trinajstić information content (AvgIpc) is 2.57. The summed E-state index contributed by atoms with van der Waals surface area (Å²) >= 11 is 0. The maximum absolute atomic E-state index is 12.4. The molecule has 1 saturated carbocycles. The first-order valence-corrected chi connectivity index (χ1v) is 8.46. The van der Waals surface area contributed by atoms with E-state index in [1.54, 1.807) is 0 Å². The number of carbonyl (C=O) groups is 1. The summed E-state index contributed by atoms with van der Waals surface area (Å²) < 4.78 is 5.99. The molecule has 22 heavy (non-hydrogen) atoms. The number of hydrogen-bond donors (Lipinski definition) is 1. The summed E-state index contributed by atoms with van der Waals surface area (Å²) in [7, 11) is 0. The average molecular weight is 303 g/mol. The van der Waals surface area contributed by atoms with Crippen molar-refractivity contribution in [3.63, 3.8) is 0 Å². The van der Waals surface area contributed by atoms with Crippen molar-refractivity contribution in [2.75, 3.05) is 13.1 Å². The van der Waals surface area contributed by atoms with Crippen LogP contribution in [0.25, 0.3) is 0 Å². The molecule has 1 N–H and O–H groups in total. The molecular weight excluding hydrogens is 278 g/mol. The van der Waals surface area contributed by atoms with Gasteiger partial charge in [-0.2, -0.15) is 0 Å². The number of nitrogens with zero attached hydrogens (tertiary/aromatic N) is 1. The molecule has 1 heterocycles. The monoisotopic (exact) mass is 303 g/mol. The van der Waals surface area contributed by atoms with Crippen LogP contribution in [0, 0.1) is 0 Å². The number of amides is 1. The Hall–Kier alpha value is -1.55. The van der Waals surface area contributed by atoms with Crippen LogP contribution in [0.1, 0.15) is 55.3 Å². The summed E-state index contributed by atoms with van der Waals surface area (Å²) in [6.45, 7) is 1.28. The van der Waals surface area contributed by atoms with Crippen LogP contribution < -0.4 is 4.74 Å². The molecule has 0 unspecified atom stereocenters. The van der Waals surface area contributed by atoms with Gasteiger partial charge in [-0.1, -0.05) is 6.42 Å². The van der Waals surface area contributed by atoms with Gasteiger partial charge in [0.1, 0.15) is 5.75 Å². The topological polar surface area (TPSA) is 49.8 Å². The Morgan fingerprint density at radius 2 is 1.64 bits per heavy atom. The van der Waals surface area contributed by atoms with Gasteiger partial charge in [-0.15, -0.1) is 0 Å². The molecule has 1 aromatic carbocycles. The Morgan fingerprint density at radius 1 is 1.00 bits per heavy atom. The predicted molar refractivity (Wildman–Crippen MR) is 85.1 cm³/mol. The van der Waals surface area contributed by atoms with Crippen molar-refractivity contribution in [3.8, 4) is 5.75 Å². The number of carbonyl (C=O) groups excluding carboxylic acids is 1. The largest absolute Gasteiger partial charge is 0.490 e. The summed E-state index contributed by atoms with van der Waals surface area (Å²) in [6.07, 6.45) is 7.52. The molecule has 1 aliphatic carbocycles. The minimum Gasteiger partial charge on any atom is -0.490 e. The minimum absolute atomic E-state index is 0.0520. The fraction of sp³-hybridized carbons (Fsp3) is 0.611. The van der Waals surface area contributed by atoms with Crippen molar-refractivity contribution in [3.05, 3.63) is 29.8 Å². The molecule has 0 spiro atoms. The summed E-state index contributed by atoms with van der Waals surface area (Å²) in [5.41, 5.74) is 0.701. The lowest BCUT2D eigenvalue weighted by molar-refractivity contribution is 0.0546. The summed E-state index contributed by atoms with van der Waals surface area (Å²) in [5, 5.41) is 9.52. The fourth-order valence-electron chi connectivity index (χ4n) is 3.30. The van der Waals surface area contributed by atoms with Gasteiger partial charge in [-0.25, -0.2) is 0 Å². The van der Waals surface area contributed by atoms with E-state index < -0.39 is 0 Å². The SMILES string of the molecule is O=C(c1ccc(OC2CCCCC2)cc1)N1CCC(O)CC1. The van der Waals surface area contributed by atoms with E-state index in [-0.39, 0.29) is 12.0 Å². The van der Waals surface area contributed by atoms with Gasteiger partial charge in [0.2, 0.25) is 0 Å². The lowest BCUT2D eigenvalue weighted by Gasteiger charge is -2.29. The zero-order chi connectivity index (χ0) is 15.4. The molecule has 2 aliphatic rings. The third-order valence-electron chi connectivity index (χ3n) is 4.71. The number of aliphatic hydroxyl groups is 1. The number of rotatable bonds is 3. The van der Waals surface area contributed by atoms with E-state index in [9.17, 15) is 9.90 Å². The molecule has 1 aliphatic heterocycles. The van der Waals surface area contributed by atoms with Crippen molar-refractivity contribution < 1.29 is 14.6 Å². The van der Waals surface area contributed by atoms with E-state index in [2.05, 4.69) is 0 Å². The van der Waals surface area contributed by atoms with Gasteiger partial charge in [0, 0.05) is 18.7 Å². The third kappa shape index (κ3) is 3.80. The van der Waals surface area contributed by atoms with Crippen LogP contribution >= 0.6 is 0 Å². The van der Waals surface area contributed by atoms with Gasteiger partial charge in [-0.3, -0.25) is 4.79 Å². The molecular formula is C18H25NO3. The van der Waals surface area contributed by atoms with Crippen LogP contribution in [0.5, 0.6) is 5.75 Å². The minimum atomic E-state index is -0.254. The second kappa shape index (κ2) is 7.14. The number of piperidine rings is 1. The van der Waals surface area contributed by atoms with E-state index >= 15 is 0 Å². The Morgan fingerprint density at radius 3 is 2.27 bits per heavy atom. The quantitative estimate of drug-likeness (QED) is 0.934. The highest BCUT2D eigenvalue weighted by atomic mass is 16.5. The zero-order valence-electron chi connectivity index (χ0n) is 13.0. The fourth-order valence-corrected chi connectivity index (χ4v) is 3.30. The summed E-state index contributed by atoms with van der Waals surface area (Å²) in [5.74, 6) is 0.911. The number of hydrogen-bond acceptors (Lipinski definition) is 3. The van der Waals surface area contributed by atoms with E-state index in [0.717, 1.165) is 18.6 Å². The molecule has 0 atom stereocenters. The summed E-state index contributed by atoms with van der Waals surface area (Å²) in [6, 6.07) is 7.51. The van der Waals surface area contributed by atoms with Crippen molar-refractivity contribution >= 4 is 5.91 Å². The van der Waals surface area contributed by atoms with Gasteiger partial charge in [0.05, 0.1) is 12.2 Å². The summed E-state index contributed by atoms with van der Waals surface area (Å²) in [4.78, 5) is 14.2. The Kier molecular flexibility index (Phi) is 4.98. The molecule has 1 saturated heterocycles. The number of likely N-dealkylation sites (tertiary alicyclic amines) is 1. The molecule has 1 amide bonds. The van der Waals surface area contributed by atoms with E-state index in [4.69, 9.17) is 4.74 Å². The van der Waals surface area contributed by atoms with E-state index in [0.29, 0.717) is 37.6 Å². The molecule has 0 radical (unpaired) electrons. The Bertz CT molecular complexity index is 486.